The summed E-state index contributed by atoms with van der Waals surface area (Å²) in [6.45, 7) is 4.40. The predicted molar refractivity (Wildman–Crippen MR) is 71.2 cm³/mol. The van der Waals surface area contributed by atoms with E-state index < -0.39 is 0 Å². The minimum atomic E-state index is 0.462. The first-order chi connectivity index (χ1) is 7.20. The van der Waals surface area contributed by atoms with E-state index in [9.17, 15) is 0 Å². The molecule has 1 atom stereocenters. The lowest BCUT2D eigenvalue weighted by molar-refractivity contribution is 0.303. The standard InChI is InChI=1S/C12H15NS2/c1-9(2)13-11(8-15-12(13)14)10-6-4-3-5-7-10/h3-7,9,11H,8H2,1-2H3/t11-/m0/s1. The molecule has 1 nitrogen and oxygen atoms in total. The topological polar surface area (TPSA) is 3.24 Å². The van der Waals surface area contributed by atoms with Crippen LogP contribution in [0.2, 0.25) is 0 Å². The van der Waals surface area contributed by atoms with E-state index in [2.05, 4.69) is 49.1 Å². The maximum Gasteiger partial charge on any atom is 0.137 e. The van der Waals surface area contributed by atoms with Crippen LogP contribution in [0.3, 0.4) is 0 Å². The van der Waals surface area contributed by atoms with Gasteiger partial charge in [-0.1, -0.05) is 54.3 Å². The molecule has 0 unspecified atom stereocenters. The zero-order valence-electron chi connectivity index (χ0n) is 9.01. The highest BCUT2D eigenvalue weighted by Crippen LogP contribution is 2.36. The fourth-order valence-electron chi connectivity index (χ4n) is 1.94. The Morgan fingerprint density at radius 2 is 2.00 bits per heavy atom. The Labute approximate surface area is 101 Å². The van der Waals surface area contributed by atoms with E-state index in [1.165, 1.54) is 5.56 Å². The number of rotatable bonds is 2. The first-order valence-corrected chi connectivity index (χ1v) is 6.59. The molecule has 0 radical (unpaired) electrons. The number of thiocarbonyl (C=S) groups is 1. The van der Waals surface area contributed by atoms with Gasteiger partial charge in [0.25, 0.3) is 0 Å². The van der Waals surface area contributed by atoms with Gasteiger partial charge in [0.15, 0.2) is 0 Å². The third-order valence-electron chi connectivity index (χ3n) is 2.65. The quantitative estimate of drug-likeness (QED) is 0.725. The van der Waals surface area contributed by atoms with Gasteiger partial charge in [-0.05, 0) is 19.4 Å². The van der Waals surface area contributed by atoms with E-state index in [0.717, 1.165) is 10.1 Å². The highest BCUT2D eigenvalue weighted by atomic mass is 32.2. The van der Waals surface area contributed by atoms with Crippen LogP contribution in [0.1, 0.15) is 25.5 Å². The summed E-state index contributed by atoms with van der Waals surface area (Å²) in [5.74, 6) is 1.08. The smallest absolute Gasteiger partial charge is 0.137 e. The van der Waals surface area contributed by atoms with Crippen LogP contribution in [-0.2, 0) is 0 Å². The molecule has 0 aliphatic carbocycles. The molecule has 1 saturated heterocycles. The van der Waals surface area contributed by atoms with E-state index in [1.54, 1.807) is 11.8 Å². The number of hydrogen-bond acceptors (Lipinski definition) is 2. The molecule has 80 valence electrons. The summed E-state index contributed by atoms with van der Waals surface area (Å²) in [4.78, 5) is 2.34. The van der Waals surface area contributed by atoms with E-state index in [4.69, 9.17) is 12.2 Å². The Hall–Kier alpha value is -0.540. The molecule has 1 heterocycles. The van der Waals surface area contributed by atoms with E-state index in [-0.39, 0.29) is 0 Å². The van der Waals surface area contributed by atoms with Crippen molar-refractivity contribution >= 4 is 28.3 Å². The minimum absolute atomic E-state index is 0.462. The maximum atomic E-state index is 5.38. The second-order valence-electron chi connectivity index (χ2n) is 4.00. The molecule has 1 aliphatic rings. The van der Waals surface area contributed by atoms with Crippen molar-refractivity contribution in [1.82, 2.24) is 4.90 Å². The van der Waals surface area contributed by atoms with Crippen LogP contribution in [0.25, 0.3) is 0 Å². The zero-order valence-corrected chi connectivity index (χ0v) is 10.6. The van der Waals surface area contributed by atoms with Crippen molar-refractivity contribution in [1.29, 1.82) is 0 Å². The van der Waals surface area contributed by atoms with E-state index in [1.807, 2.05) is 0 Å². The van der Waals surface area contributed by atoms with Crippen LogP contribution in [0.15, 0.2) is 30.3 Å². The van der Waals surface area contributed by atoms with Crippen molar-refractivity contribution in [2.75, 3.05) is 5.75 Å². The fourth-order valence-corrected chi connectivity index (χ4v) is 3.62. The second-order valence-corrected chi connectivity index (χ2v) is 5.66. The molecule has 0 aromatic heterocycles. The van der Waals surface area contributed by atoms with Gasteiger partial charge in [-0.2, -0.15) is 0 Å². The lowest BCUT2D eigenvalue weighted by atomic mass is 10.1. The normalized spacial score (nSPS) is 21.4. The second kappa shape index (κ2) is 4.54. The summed E-state index contributed by atoms with van der Waals surface area (Å²) in [6.07, 6.45) is 0. The Morgan fingerprint density at radius 3 is 2.60 bits per heavy atom. The number of benzene rings is 1. The molecule has 0 N–H and O–H groups in total. The molecule has 1 aromatic rings. The predicted octanol–water partition coefficient (Wildman–Crippen LogP) is 3.47. The highest BCUT2D eigenvalue weighted by molar-refractivity contribution is 8.23. The van der Waals surface area contributed by atoms with Crippen molar-refractivity contribution in [2.45, 2.75) is 25.9 Å². The average Bonchev–Trinajstić information content (AvgIpc) is 2.61. The van der Waals surface area contributed by atoms with Crippen molar-refractivity contribution in [2.24, 2.45) is 0 Å². The van der Waals surface area contributed by atoms with Crippen LogP contribution < -0.4 is 0 Å². The van der Waals surface area contributed by atoms with Gasteiger partial charge in [-0.15, -0.1) is 0 Å². The Morgan fingerprint density at radius 1 is 1.33 bits per heavy atom. The third kappa shape index (κ3) is 2.18. The lowest BCUT2D eigenvalue weighted by Gasteiger charge is -2.29. The molecular formula is C12H15NS2. The molecule has 0 bridgehead atoms. The largest absolute Gasteiger partial charge is 0.347 e. The summed E-state index contributed by atoms with van der Waals surface area (Å²) in [5.41, 5.74) is 1.37. The molecule has 0 amide bonds. The van der Waals surface area contributed by atoms with E-state index in [0.29, 0.717) is 12.1 Å². The zero-order chi connectivity index (χ0) is 10.8. The summed E-state index contributed by atoms with van der Waals surface area (Å²) in [7, 11) is 0. The number of hydrogen-bond donors (Lipinski definition) is 0. The van der Waals surface area contributed by atoms with Gasteiger partial charge in [0.2, 0.25) is 0 Å². The molecule has 2 rings (SSSR count). The van der Waals surface area contributed by atoms with Crippen LogP contribution in [-0.4, -0.2) is 21.0 Å². The SMILES string of the molecule is CC(C)N1C(=S)SC[C@H]1c1ccccc1. The molecule has 3 heteroatoms. The molecule has 0 saturated carbocycles. The summed E-state index contributed by atoms with van der Waals surface area (Å²) < 4.78 is 1.04. The van der Waals surface area contributed by atoms with Crippen LogP contribution in [0.4, 0.5) is 0 Å². The van der Waals surface area contributed by atoms with Crippen LogP contribution in [0.5, 0.6) is 0 Å². The van der Waals surface area contributed by atoms with Crippen molar-refractivity contribution in [3.8, 4) is 0 Å². The number of thioether (sulfide) groups is 1. The van der Waals surface area contributed by atoms with Gasteiger partial charge < -0.3 is 4.90 Å². The summed E-state index contributed by atoms with van der Waals surface area (Å²) >= 11 is 7.18. The molecule has 1 fully saturated rings. The van der Waals surface area contributed by atoms with Gasteiger partial charge in [-0.25, -0.2) is 0 Å². The Bertz CT molecular complexity index is 348. The van der Waals surface area contributed by atoms with Gasteiger partial charge >= 0.3 is 0 Å². The third-order valence-corrected chi connectivity index (χ3v) is 4.16. The van der Waals surface area contributed by atoms with E-state index >= 15 is 0 Å². The van der Waals surface area contributed by atoms with Gasteiger partial charge in [0.1, 0.15) is 4.32 Å². The highest BCUT2D eigenvalue weighted by Gasteiger charge is 2.31. The Kier molecular flexibility index (Phi) is 3.32. The molecule has 0 spiro atoms. The molecular weight excluding hydrogens is 222 g/mol. The minimum Gasteiger partial charge on any atom is -0.347 e. The van der Waals surface area contributed by atoms with Crippen molar-refractivity contribution < 1.29 is 0 Å². The number of nitrogens with zero attached hydrogens (tertiary/aromatic N) is 1. The fraction of sp³-hybridized carbons (Fsp3) is 0.417. The monoisotopic (exact) mass is 237 g/mol. The molecule has 1 aromatic carbocycles. The lowest BCUT2D eigenvalue weighted by Crippen LogP contribution is -2.33. The molecule has 1 aliphatic heterocycles. The first-order valence-electron chi connectivity index (χ1n) is 5.20. The van der Waals surface area contributed by atoms with Gasteiger partial charge in [-0.3, -0.25) is 0 Å². The van der Waals surface area contributed by atoms with Crippen molar-refractivity contribution in [3.05, 3.63) is 35.9 Å². The first kappa shape index (κ1) is 11.0. The van der Waals surface area contributed by atoms with Gasteiger partial charge in [0, 0.05) is 11.8 Å². The average molecular weight is 237 g/mol. The summed E-state index contributed by atoms with van der Waals surface area (Å²) in [5, 5.41) is 0. The molecule has 15 heavy (non-hydrogen) atoms. The van der Waals surface area contributed by atoms with Crippen LogP contribution >= 0.6 is 24.0 Å². The summed E-state index contributed by atoms with van der Waals surface area (Å²) in [6, 6.07) is 11.6. The van der Waals surface area contributed by atoms with Crippen LogP contribution in [0, 0.1) is 0 Å². The maximum absolute atomic E-state index is 5.38. The Balaban J connectivity index is 2.26. The van der Waals surface area contributed by atoms with Gasteiger partial charge in [0.05, 0.1) is 6.04 Å². The van der Waals surface area contributed by atoms with Crippen molar-refractivity contribution in [3.63, 3.8) is 0 Å².